The average molecular weight is 357 g/mol. The number of halogens is 1. The molecule has 1 saturated heterocycles. The summed E-state index contributed by atoms with van der Waals surface area (Å²) in [6.07, 6.45) is 0.816. The van der Waals surface area contributed by atoms with E-state index in [0.717, 1.165) is 29.5 Å². The lowest BCUT2D eigenvalue weighted by Crippen LogP contribution is -2.38. The van der Waals surface area contributed by atoms with Gasteiger partial charge in [0.2, 0.25) is 0 Å². The molecule has 0 saturated carbocycles. The summed E-state index contributed by atoms with van der Waals surface area (Å²) in [6.45, 7) is 2.47. The van der Waals surface area contributed by atoms with Crippen molar-refractivity contribution in [2.75, 3.05) is 33.7 Å². The van der Waals surface area contributed by atoms with Crippen LogP contribution in [0, 0.1) is 0 Å². The van der Waals surface area contributed by atoms with Crippen LogP contribution >= 0.6 is 15.9 Å². The van der Waals surface area contributed by atoms with Crippen LogP contribution < -0.4 is 0 Å². The standard InChI is InChI=1S/C16H25BrN2O2/c1-18(2)10-14-9-15(20)11-19(14)7-6-16(21)12-4-3-5-13(17)8-12/h3-5,8,14-16,20-21H,6-7,9-11H2,1-2H3. The monoisotopic (exact) mass is 356 g/mol. The van der Waals surface area contributed by atoms with E-state index in [4.69, 9.17) is 0 Å². The zero-order chi connectivity index (χ0) is 15.4. The molecule has 3 unspecified atom stereocenters. The van der Waals surface area contributed by atoms with Gasteiger partial charge >= 0.3 is 0 Å². The second-order valence-electron chi connectivity index (χ2n) is 6.16. The van der Waals surface area contributed by atoms with E-state index in [1.54, 1.807) is 0 Å². The number of rotatable bonds is 6. The molecule has 3 atom stereocenters. The van der Waals surface area contributed by atoms with Crippen LogP contribution in [0.1, 0.15) is 24.5 Å². The number of aliphatic hydroxyl groups excluding tert-OH is 2. The molecule has 1 aromatic carbocycles. The van der Waals surface area contributed by atoms with E-state index in [1.165, 1.54) is 0 Å². The molecule has 0 spiro atoms. The summed E-state index contributed by atoms with van der Waals surface area (Å²) in [6, 6.07) is 8.19. The van der Waals surface area contributed by atoms with Gasteiger partial charge in [-0.1, -0.05) is 28.1 Å². The Kier molecular flexibility index (Phi) is 6.20. The third kappa shape index (κ3) is 5.04. The maximum absolute atomic E-state index is 10.3. The van der Waals surface area contributed by atoms with Crippen LogP contribution in [0.3, 0.4) is 0 Å². The van der Waals surface area contributed by atoms with Crippen LogP contribution in [0.25, 0.3) is 0 Å². The second-order valence-corrected chi connectivity index (χ2v) is 7.08. The van der Waals surface area contributed by atoms with Crippen molar-refractivity contribution in [3.8, 4) is 0 Å². The summed E-state index contributed by atoms with van der Waals surface area (Å²) < 4.78 is 0.987. The molecule has 1 aliphatic heterocycles. The molecule has 0 aromatic heterocycles. The predicted octanol–water partition coefficient (Wildman–Crippen LogP) is 1.87. The van der Waals surface area contributed by atoms with E-state index in [0.29, 0.717) is 19.0 Å². The minimum atomic E-state index is -0.458. The largest absolute Gasteiger partial charge is 0.392 e. The number of benzene rings is 1. The number of nitrogens with zero attached hydrogens (tertiary/aromatic N) is 2. The zero-order valence-corrected chi connectivity index (χ0v) is 14.3. The molecule has 1 aliphatic rings. The maximum atomic E-state index is 10.3. The van der Waals surface area contributed by atoms with E-state index >= 15 is 0 Å². The molecule has 1 aromatic rings. The van der Waals surface area contributed by atoms with Gasteiger partial charge in [-0.2, -0.15) is 0 Å². The smallest absolute Gasteiger partial charge is 0.0802 e. The summed E-state index contributed by atoms with van der Waals surface area (Å²) >= 11 is 3.43. The maximum Gasteiger partial charge on any atom is 0.0802 e. The van der Waals surface area contributed by atoms with Crippen LogP contribution in [-0.4, -0.2) is 65.9 Å². The lowest BCUT2D eigenvalue weighted by molar-refractivity contribution is 0.125. The van der Waals surface area contributed by atoms with Crippen molar-refractivity contribution in [3.05, 3.63) is 34.3 Å². The van der Waals surface area contributed by atoms with Crippen molar-refractivity contribution in [1.82, 2.24) is 9.80 Å². The van der Waals surface area contributed by atoms with Gasteiger partial charge in [-0.25, -0.2) is 0 Å². The Morgan fingerprint density at radius 3 is 2.86 bits per heavy atom. The highest BCUT2D eigenvalue weighted by atomic mass is 79.9. The Labute approximate surface area is 135 Å². The highest BCUT2D eigenvalue weighted by Gasteiger charge is 2.31. The molecule has 118 valence electrons. The number of likely N-dealkylation sites (tertiary alicyclic amines) is 1. The van der Waals surface area contributed by atoms with Gasteiger partial charge in [0.25, 0.3) is 0 Å². The Morgan fingerprint density at radius 1 is 1.43 bits per heavy atom. The minimum Gasteiger partial charge on any atom is -0.392 e. The van der Waals surface area contributed by atoms with E-state index in [1.807, 2.05) is 24.3 Å². The first-order valence-electron chi connectivity index (χ1n) is 7.46. The lowest BCUT2D eigenvalue weighted by atomic mass is 10.1. The van der Waals surface area contributed by atoms with Crippen molar-refractivity contribution < 1.29 is 10.2 Å². The number of β-amino-alcohol motifs (C(OH)–C–C–N with tert-alkyl or cyclic N) is 1. The minimum absolute atomic E-state index is 0.238. The molecule has 2 rings (SSSR count). The van der Waals surface area contributed by atoms with Crippen LogP contribution in [0.5, 0.6) is 0 Å². The van der Waals surface area contributed by atoms with Gasteiger partial charge in [0.1, 0.15) is 0 Å². The summed E-state index contributed by atoms with van der Waals surface area (Å²) in [5, 5.41) is 20.2. The fraction of sp³-hybridized carbons (Fsp3) is 0.625. The van der Waals surface area contributed by atoms with E-state index in [-0.39, 0.29) is 6.10 Å². The van der Waals surface area contributed by atoms with E-state index in [9.17, 15) is 10.2 Å². The molecule has 0 amide bonds. The SMILES string of the molecule is CN(C)CC1CC(O)CN1CCC(O)c1cccc(Br)c1. The van der Waals surface area contributed by atoms with Gasteiger partial charge in [-0.3, -0.25) is 4.90 Å². The van der Waals surface area contributed by atoms with Crippen molar-refractivity contribution in [3.63, 3.8) is 0 Å². The van der Waals surface area contributed by atoms with Crippen molar-refractivity contribution >= 4 is 15.9 Å². The Balaban J connectivity index is 1.89. The summed E-state index contributed by atoms with van der Waals surface area (Å²) in [4.78, 5) is 4.45. The Hall–Kier alpha value is -0.460. The number of hydrogen-bond donors (Lipinski definition) is 2. The second kappa shape index (κ2) is 7.70. The summed E-state index contributed by atoms with van der Waals surface area (Å²) in [5.41, 5.74) is 0.938. The molecule has 1 heterocycles. The molecule has 0 aliphatic carbocycles. The summed E-state index contributed by atoms with van der Waals surface area (Å²) in [5.74, 6) is 0. The molecule has 0 bridgehead atoms. The Morgan fingerprint density at radius 2 is 2.19 bits per heavy atom. The number of hydrogen-bond acceptors (Lipinski definition) is 4. The van der Waals surface area contributed by atoms with Crippen molar-refractivity contribution in [2.24, 2.45) is 0 Å². The quantitative estimate of drug-likeness (QED) is 0.816. The molecule has 4 nitrogen and oxygen atoms in total. The van der Waals surface area contributed by atoms with Crippen molar-refractivity contribution in [1.29, 1.82) is 0 Å². The third-order valence-electron chi connectivity index (χ3n) is 4.00. The number of aliphatic hydroxyl groups is 2. The van der Waals surface area contributed by atoms with Crippen LogP contribution in [-0.2, 0) is 0 Å². The topological polar surface area (TPSA) is 46.9 Å². The summed E-state index contributed by atoms with van der Waals surface area (Å²) in [7, 11) is 4.11. The van der Waals surface area contributed by atoms with Gasteiger partial charge < -0.3 is 15.1 Å². The first-order valence-corrected chi connectivity index (χ1v) is 8.25. The first kappa shape index (κ1) is 16.9. The third-order valence-corrected chi connectivity index (χ3v) is 4.50. The van der Waals surface area contributed by atoms with Crippen LogP contribution in [0.4, 0.5) is 0 Å². The molecule has 1 fully saturated rings. The first-order chi connectivity index (χ1) is 9.95. The van der Waals surface area contributed by atoms with Gasteiger partial charge in [0.15, 0.2) is 0 Å². The molecule has 2 N–H and O–H groups in total. The van der Waals surface area contributed by atoms with Gasteiger partial charge in [0, 0.05) is 30.1 Å². The molecule has 5 heteroatoms. The highest BCUT2D eigenvalue weighted by Crippen LogP contribution is 2.24. The van der Waals surface area contributed by atoms with Gasteiger partial charge in [-0.15, -0.1) is 0 Å². The average Bonchev–Trinajstić information content (AvgIpc) is 2.75. The zero-order valence-electron chi connectivity index (χ0n) is 12.7. The highest BCUT2D eigenvalue weighted by molar-refractivity contribution is 9.10. The normalized spacial score (nSPS) is 24.7. The van der Waals surface area contributed by atoms with E-state index in [2.05, 4.69) is 39.8 Å². The van der Waals surface area contributed by atoms with Crippen LogP contribution in [0.2, 0.25) is 0 Å². The van der Waals surface area contributed by atoms with Gasteiger partial charge in [0.05, 0.1) is 12.2 Å². The van der Waals surface area contributed by atoms with Gasteiger partial charge in [-0.05, 0) is 44.6 Å². The molecule has 0 radical (unpaired) electrons. The molecule has 21 heavy (non-hydrogen) atoms. The number of likely N-dealkylation sites (N-methyl/N-ethyl adjacent to an activating group) is 1. The lowest BCUT2D eigenvalue weighted by Gasteiger charge is -2.27. The van der Waals surface area contributed by atoms with E-state index < -0.39 is 6.10 Å². The fourth-order valence-corrected chi connectivity index (χ4v) is 3.43. The molecular formula is C16H25BrN2O2. The molecular weight excluding hydrogens is 332 g/mol. The predicted molar refractivity (Wildman–Crippen MR) is 88.3 cm³/mol. The van der Waals surface area contributed by atoms with Crippen molar-refractivity contribution in [2.45, 2.75) is 31.1 Å². The van der Waals surface area contributed by atoms with Crippen LogP contribution in [0.15, 0.2) is 28.7 Å². The fourth-order valence-electron chi connectivity index (χ4n) is 3.01. The Bertz CT molecular complexity index is 456.